The predicted octanol–water partition coefficient (Wildman–Crippen LogP) is 1.86. The Morgan fingerprint density at radius 3 is 2.75 bits per heavy atom. The second kappa shape index (κ2) is 8.04. The van der Waals surface area contributed by atoms with Gasteiger partial charge >= 0.3 is 0 Å². The molecule has 3 nitrogen and oxygen atoms in total. The van der Waals surface area contributed by atoms with Crippen LogP contribution < -0.4 is 5.73 Å². The molecule has 1 aliphatic heterocycles. The van der Waals surface area contributed by atoms with E-state index >= 15 is 0 Å². The summed E-state index contributed by atoms with van der Waals surface area (Å²) in [6.07, 6.45) is 5.02. The zero-order valence-electron chi connectivity index (χ0n) is 11.0. The largest absolute Gasteiger partial charge is 0.381 e. The molecule has 0 aromatic heterocycles. The first-order valence-corrected chi connectivity index (χ1v) is 6.85. The third-order valence-corrected chi connectivity index (χ3v) is 3.66. The minimum atomic E-state index is 0.525. The second-order valence-corrected chi connectivity index (χ2v) is 4.76. The molecule has 2 unspecified atom stereocenters. The number of rotatable bonds is 7. The summed E-state index contributed by atoms with van der Waals surface area (Å²) >= 11 is 0. The summed E-state index contributed by atoms with van der Waals surface area (Å²) in [5.74, 6) is 0.649. The van der Waals surface area contributed by atoms with Crippen LogP contribution in [0, 0.1) is 5.92 Å². The molecule has 1 saturated heterocycles. The molecule has 96 valence electrons. The zero-order chi connectivity index (χ0) is 11.8. The third kappa shape index (κ3) is 4.04. The van der Waals surface area contributed by atoms with Gasteiger partial charge in [-0.25, -0.2) is 0 Å². The molecule has 2 atom stereocenters. The van der Waals surface area contributed by atoms with Gasteiger partial charge < -0.3 is 10.5 Å². The van der Waals surface area contributed by atoms with Crippen LogP contribution in [-0.2, 0) is 4.74 Å². The Morgan fingerprint density at radius 1 is 1.44 bits per heavy atom. The molecule has 2 N–H and O–H groups in total. The fraction of sp³-hybridized carbons (Fsp3) is 1.00. The second-order valence-electron chi connectivity index (χ2n) is 4.76. The van der Waals surface area contributed by atoms with Crippen LogP contribution in [0.5, 0.6) is 0 Å². The molecule has 0 aliphatic carbocycles. The summed E-state index contributed by atoms with van der Waals surface area (Å²) in [5.41, 5.74) is 5.95. The molecular formula is C13H28N2O. The minimum Gasteiger partial charge on any atom is -0.381 e. The van der Waals surface area contributed by atoms with Crippen LogP contribution in [0.15, 0.2) is 0 Å². The van der Waals surface area contributed by atoms with Crippen molar-refractivity contribution in [2.45, 2.75) is 45.6 Å². The van der Waals surface area contributed by atoms with E-state index in [9.17, 15) is 0 Å². The number of nitrogens with zero attached hydrogens (tertiary/aromatic N) is 1. The molecule has 0 aromatic carbocycles. The molecule has 1 rings (SSSR count). The third-order valence-electron chi connectivity index (χ3n) is 3.66. The number of likely N-dealkylation sites (N-methyl/N-ethyl adjacent to an activating group) is 1. The van der Waals surface area contributed by atoms with E-state index in [0.717, 1.165) is 26.3 Å². The van der Waals surface area contributed by atoms with E-state index in [0.29, 0.717) is 12.0 Å². The van der Waals surface area contributed by atoms with E-state index in [4.69, 9.17) is 10.5 Å². The molecular weight excluding hydrogens is 200 g/mol. The molecule has 1 fully saturated rings. The minimum absolute atomic E-state index is 0.525. The van der Waals surface area contributed by atoms with E-state index < -0.39 is 0 Å². The Morgan fingerprint density at radius 2 is 2.25 bits per heavy atom. The highest BCUT2D eigenvalue weighted by molar-refractivity contribution is 4.81. The van der Waals surface area contributed by atoms with E-state index in [-0.39, 0.29) is 0 Å². The molecule has 0 bridgehead atoms. The van der Waals surface area contributed by atoms with Crippen LogP contribution >= 0.6 is 0 Å². The van der Waals surface area contributed by atoms with Crippen LogP contribution in [0.2, 0.25) is 0 Å². The lowest BCUT2D eigenvalue weighted by atomic mass is 9.92. The molecule has 3 heteroatoms. The molecule has 0 saturated carbocycles. The summed E-state index contributed by atoms with van der Waals surface area (Å²) in [7, 11) is 0. The van der Waals surface area contributed by atoms with Gasteiger partial charge in [-0.15, -0.1) is 0 Å². The summed E-state index contributed by atoms with van der Waals surface area (Å²) in [6, 6.07) is 0.525. The van der Waals surface area contributed by atoms with E-state index in [1.807, 2.05) is 0 Å². The molecule has 0 amide bonds. The van der Waals surface area contributed by atoms with Crippen LogP contribution in [0.1, 0.15) is 39.5 Å². The first-order valence-electron chi connectivity index (χ1n) is 6.85. The van der Waals surface area contributed by atoms with Crippen molar-refractivity contribution < 1.29 is 4.74 Å². The van der Waals surface area contributed by atoms with Crippen LogP contribution in [-0.4, -0.2) is 43.8 Å². The lowest BCUT2D eigenvalue weighted by Crippen LogP contribution is -2.48. The van der Waals surface area contributed by atoms with Crippen molar-refractivity contribution >= 4 is 0 Å². The van der Waals surface area contributed by atoms with Gasteiger partial charge in [-0.05, 0) is 38.3 Å². The van der Waals surface area contributed by atoms with Gasteiger partial charge in [0.25, 0.3) is 0 Å². The number of nitrogens with two attached hydrogens (primary N) is 1. The highest BCUT2D eigenvalue weighted by Gasteiger charge is 2.27. The molecule has 1 heterocycles. The van der Waals surface area contributed by atoms with Gasteiger partial charge in [-0.1, -0.05) is 20.3 Å². The number of ether oxygens (including phenoxy) is 1. The fourth-order valence-corrected chi connectivity index (χ4v) is 2.63. The Kier molecular flexibility index (Phi) is 7.01. The highest BCUT2D eigenvalue weighted by atomic mass is 16.5. The maximum Gasteiger partial charge on any atom is 0.0509 e. The zero-order valence-corrected chi connectivity index (χ0v) is 11.0. The van der Waals surface area contributed by atoms with Crippen molar-refractivity contribution in [1.29, 1.82) is 0 Å². The molecule has 0 radical (unpaired) electrons. The monoisotopic (exact) mass is 228 g/mol. The Labute approximate surface area is 100 Å². The average Bonchev–Trinajstić information content (AvgIpc) is 2.35. The Bertz CT molecular complexity index is 169. The van der Waals surface area contributed by atoms with Crippen molar-refractivity contribution in [2.75, 3.05) is 32.8 Å². The van der Waals surface area contributed by atoms with E-state index in [1.54, 1.807) is 0 Å². The van der Waals surface area contributed by atoms with Gasteiger partial charge in [-0.3, -0.25) is 4.90 Å². The van der Waals surface area contributed by atoms with Crippen molar-refractivity contribution in [2.24, 2.45) is 11.7 Å². The molecule has 0 aromatic rings. The smallest absolute Gasteiger partial charge is 0.0509 e. The van der Waals surface area contributed by atoms with Crippen molar-refractivity contribution in [3.05, 3.63) is 0 Å². The van der Waals surface area contributed by atoms with Crippen molar-refractivity contribution in [3.8, 4) is 0 Å². The Hall–Kier alpha value is -0.120. The summed E-state index contributed by atoms with van der Waals surface area (Å²) in [4.78, 5) is 2.54. The van der Waals surface area contributed by atoms with E-state index in [2.05, 4.69) is 18.7 Å². The topological polar surface area (TPSA) is 38.5 Å². The van der Waals surface area contributed by atoms with Crippen molar-refractivity contribution in [3.63, 3.8) is 0 Å². The quantitative estimate of drug-likeness (QED) is 0.723. The SMILES string of the molecule is CCCCN(CC)C(CN)C1CCCOC1. The maximum atomic E-state index is 5.95. The molecule has 0 spiro atoms. The molecule has 16 heavy (non-hydrogen) atoms. The van der Waals surface area contributed by atoms with Crippen molar-refractivity contribution in [1.82, 2.24) is 4.90 Å². The summed E-state index contributed by atoms with van der Waals surface area (Å²) in [6.45, 7) is 9.39. The first kappa shape index (κ1) is 13.9. The Balaban J connectivity index is 2.47. The predicted molar refractivity (Wildman–Crippen MR) is 68.5 cm³/mol. The highest BCUT2D eigenvalue weighted by Crippen LogP contribution is 2.21. The van der Waals surface area contributed by atoms with E-state index in [1.165, 1.54) is 32.2 Å². The van der Waals surface area contributed by atoms with Gasteiger partial charge in [0.2, 0.25) is 0 Å². The van der Waals surface area contributed by atoms with Crippen LogP contribution in [0.3, 0.4) is 0 Å². The van der Waals surface area contributed by atoms with Gasteiger partial charge in [-0.2, -0.15) is 0 Å². The maximum absolute atomic E-state index is 5.95. The fourth-order valence-electron chi connectivity index (χ4n) is 2.63. The van der Waals surface area contributed by atoms with Crippen LogP contribution in [0.4, 0.5) is 0 Å². The number of unbranched alkanes of at least 4 members (excludes halogenated alkanes) is 1. The van der Waals surface area contributed by atoms with Crippen LogP contribution in [0.25, 0.3) is 0 Å². The normalized spacial score (nSPS) is 23.6. The molecule has 1 aliphatic rings. The summed E-state index contributed by atoms with van der Waals surface area (Å²) < 4.78 is 5.58. The lowest BCUT2D eigenvalue weighted by molar-refractivity contribution is 0.0120. The van der Waals surface area contributed by atoms with Gasteiger partial charge in [0.05, 0.1) is 6.61 Å². The number of hydrogen-bond acceptors (Lipinski definition) is 3. The van der Waals surface area contributed by atoms with Gasteiger partial charge in [0, 0.05) is 19.2 Å². The lowest BCUT2D eigenvalue weighted by Gasteiger charge is -2.37. The number of hydrogen-bond donors (Lipinski definition) is 1. The average molecular weight is 228 g/mol. The van der Waals surface area contributed by atoms with Gasteiger partial charge in [0.1, 0.15) is 0 Å². The standard InChI is InChI=1S/C13H28N2O/c1-3-5-8-15(4-2)13(10-14)12-7-6-9-16-11-12/h12-13H,3-11,14H2,1-2H3. The first-order chi connectivity index (χ1) is 7.83. The summed E-state index contributed by atoms with van der Waals surface area (Å²) in [5, 5.41) is 0. The van der Waals surface area contributed by atoms with Gasteiger partial charge in [0.15, 0.2) is 0 Å².